The van der Waals surface area contributed by atoms with E-state index in [2.05, 4.69) is 10.1 Å². The van der Waals surface area contributed by atoms with E-state index in [-0.39, 0.29) is 24.6 Å². The zero-order chi connectivity index (χ0) is 19.2. The Hall–Kier alpha value is -2.78. The Bertz CT molecular complexity index is 648. The second kappa shape index (κ2) is 8.36. The zero-order valence-corrected chi connectivity index (χ0v) is 13.5. The van der Waals surface area contributed by atoms with Gasteiger partial charge in [-0.1, -0.05) is 6.07 Å². The highest BCUT2D eigenvalue weighted by Crippen LogP contribution is 2.24. The van der Waals surface area contributed by atoms with Crippen LogP contribution in [0, 0.1) is 0 Å². The summed E-state index contributed by atoms with van der Waals surface area (Å²) in [5, 5.41) is 11.5. The summed E-state index contributed by atoms with van der Waals surface area (Å²) in [6.45, 7) is 2.38. The van der Waals surface area contributed by atoms with Crippen molar-refractivity contribution >= 4 is 17.8 Å². The van der Waals surface area contributed by atoms with Gasteiger partial charge in [-0.15, -0.1) is 13.2 Å². The van der Waals surface area contributed by atoms with Gasteiger partial charge in [0.1, 0.15) is 11.8 Å². The average molecular weight is 362 g/mol. The molecule has 0 saturated heterocycles. The first-order valence-electron chi connectivity index (χ1n) is 7.15. The van der Waals surface area contributed by atoms with E-state index >= 15 is 0 Å². The summed E-state index contributed by atoms with van der Waals surface area (Å²) in [6, 6.07) is 3.08. The molecule has 0 aliphatic carbocycles. The summed E-state index contributed by atoms with van der Waals surface area (Å²) < 4.78 is 40.6. The summed E-state index contributed by atoms with van der Waals surface area (Å²) in [5.74, 6) is -3.05. The van der Waals surface area contributed by atoms with Crippen molar-refractivity contribution in [3.05, 3.63) is 29.8 Å². The smallest absolute Gasteiger partial charge is 0.480 e. The predicted molar refractivity (Wildman–Crippen MR) is 79.9 cm³/mol. The minimum atomic E-state index is -4.92. The Morgan fingerprint density at radius 1 is 1.32 bits per heavy atom. The number of nitrogens with zero attached hydrogens (tertiary/aromatic N) is 1. The number of alkyl halides is 3. The molecule has 2 N–H and O–H groups in total. The number of nitrogens with one attached hydrogen (secondary N) is 1. The monoisotopic (exact) mass is 362 g/mol. The van der Waals surface area contributed by atoms with Gasteiger partial charge in [0.25, 0.3) is 5.91 Å². The molecule has 10 heteroatoms. The lowest BCUT2D eigenvalue weighted by Crippen LogP contribution is -2.46. The van der Waals surface area contributed by atoms with Crippen molar-refractivity contribution < 1.29 is 37.4 Å². The van der Waals surface area contributed by atoms with Gasteiger partial charge in [-0.25, -0.2) is 4.79 Å². The van der Waals surface area contributed by atoms with Crippen molar-refractivity contribution in [1.29, 1.82) is 0 Å². The minimum Gasteiger partial charge on any atom is -0.480 e. The summed E-state index contributed by atoms with van der Waals surface area (Å²) in [5.41, 5.74) is -0.169. The number of benzene rings is 1. The molecule has 0 radical (unpaired) electrons. The lowest BCUT2D eigenvalue weighted by molar-refractivity contribution is -0.274. The molecule has 2 amide bonds. The van der Waals surface area contributed by atoms with E-state index in [4.69, 9.17) is 5.11 Å². The van der Waals surface area contributed by atoms with Crippen LogP contribution in [0.3, 0.4) is 0 Å². The van der Waals surface area contributed by atoms with E-state index < -0.39 is 30.0 Å². The highest BCUT2D eigenvalue weighted by molar-refractivity contribution is 5.97. The fraction of sp³-hybridized carbons (Fsp3) is 0.400. The lowest BCUT2D eigenvalue weighted by atomic mass is 10.1. The quantitative estimate of drug-likeness (QED) is 0.769. The van der Waals surface area contributed by atoms with Gasteiger partial charge in [-0.3, -0.25) is 9.59 Å². The molecular formula is C15H17F3N2O5. The molecule has 1 rings (SSSR count). The maximum Gasteiger partial charge on any atom is 0.573 e. The number of rotatable bonds is 7. The highest BCUT2D eigenvalue weighted by atomic mass is 19.4. The SMILES string of the molecule is CC(=O)NCCN(C(=O)c1cccc(OC(F)(F)F)c1)C(C)C(=O)O. The first kappa shape index (κ1) is 20.3. The molecule has 1 atom stereocenters. The number of carboxylic acids is 1. The third-order valence-electron chi connectivity index (χ3n) is 3.13. The molecule has 0 bridgehead atoms. The van der Waals surface area contributed by atoms with Crippen LogP contribution in [0.5, 0.6) is 5.75 Å². The molecule has 25 heavy (non-hydrogen) atoms. The van der Waals surface area contributed by atoms with Gasteiger partial charge < -0.3 is 20.1 Å². The van der Waals surface area contributed by atoms with E-state index in [0.29, 0.717) is 0 Å². The number of aliphatic carboxylic acids is 1. The summed E-state index contributed by atoms with van der Waals surface area (Å²) in [6.07, 6.45) is -4.92. The molecule has 0 heterocycles. The molecule has 1 aromatic rings. The molecule has 0 fully saturated rings. The van der Waals surface area contributed by atoms with Crippen LogP contribution < -0.4 is 10.1 Å². The number of carbonyl (C=O) groups excluding carboxylic acids is 2. The Morgan fingerprint density at radius 3 is 2.48 bits per heavy atom. The van der Waals surface area contributed by atoms with Crippen LogP contribution in [-0.4, -0.2) is 53.3 Å². The van der Waals surface area contributed by atoms with Crippen molar-refractivity contribution in [2.45, 2.75) is 26.3 Å². The Morgan fingerprint density at radius 2 is 1.96 bits per heavy atom. The van der Waals surface area contributed by atoms with Gasteiger partial charge >= 0.3 is 12.3 Å². The van der Waals surface area contributed by atoms with Crippen LogP contribution in [0.25, 0.3) is 0 Å². The van der Waals surface area contributed by atoms with Crippen molar-refractivity contribution in [3.63, 3.8) is 0 Å². The van der Waals surface area contributed by atoms with Crippen LogP contribution in [0.4, 0.5) is 13.2 Å². The van der Waals surface area contributed by atoms with E-state index in [1.807, 2.05) is 0 Å². The van der Waals surface area contributed by atoms with Gasteiger partial charge in [-0.2, -0.15) is 0 Å². The van der Waals surface area contributed by atoms with E-state index in [1.165, 1.54) is 26.0 Å². The van der Waals surface area contributed by atoms with Crippen molar-refractivity contribution in [3.8, 4) is 5.75 Å². The second-order valence-electron chi connectivity index (χ2n) is 5.07. The molecule has 138 valence electrons. The molecule has 0 aromatic heterocycles. The van der Waals surface area contributed by atoms with Crippen LogP contribution >= 0.6 is 0 Å². The number of ether oxygens (including phenoxy) is 1. The number of halogens is 3. The number of amides is 2. The summed E-state index contributed by atoms with van der Waals surface area (Å²) in [7, 11) is 0. The van der Waals surface area contributed by atoms with Crippen LogP contribution in [-0.2, 0) is 9.59 Å². The van der Waals surface area contributed by atoms with Crippen LogP contribution in [0.2, 0.25) is 0 Å². The summed E-state index contributed by atoms with van der Waals surface area (Å²) >= 11 is 0. The molecule has 7 nitrogen and oxygen atoms in total. The van der Waals surface area contributed by atoms with Crippen molar-refractivity contribution in [2.75, 3.05) is 13.1 Å². The topological polar surface area (TPSA) is 95.9 Å². The average Bonchev–Trinajstić information content (AvgIpc) is 2.48. The van der Waals surface area contributed by atoms with E-state index in [1.54, 1.807) is 0 Å². The Labute approximate surface area is 141 Å². The largest absolute Gasteiger partial charge is 0.573 e. The van der Waals surface area contributed by atoms with Gasteiger partial charge in [0.15, 0.2) is 0 Å². The van der Waals surface area contributed by atoms with Gasteiger partial charge in [0, 0.05) is 25.6 Å². The molecule has 0 saturated carbocycles. The second-order valence-corrected chi connectivity index (χ2v) is 5.07. The standard InChI is InChI=1S/C15H17F3N2O5/c1-9(14(23)24)20(7-6-19-10(2)21)13(22)11-4-3-5-12(8-11)25-15(16,17)18/h3-5,8-9H,6-7H2,1-2H3,(H,19,21)(H,23,24). The first-order valence-corrected chi connectivity index (χ1v) is 7.15. The maximum atomic E-state index is 12.5. The number of carbonyl (C=O) groups is 3. The number of hydrogen-bond acceptors (Lipinski definition) is 4. The highest BCUT2D eigenvalue weighted by Gasteiger charge is 2.32. The van der Waals surface area contributed by atoms with Crippen LogP contribution in [0.15, 0.2) is 24.3 Å². The zero-order valence-electron chi connectivity index (χ0n) is 13.5. The molecule has 1 aromatic carbocycles. The predicted octanol–water partition coefficient (Wildman–Crippen LogP) is 1.64. The van der Waals surface area contributed by atoms with Gasteiger partial charge in [0.05, 0.1) is 0 Å². The lowest BCUT2D eigenvalue weighted by Gasteiger charge is -2.26. The van der Waals surface area contributed by atoms with Crippen molar-refractivity contribution in [2.24, 2.45) is 0 Å². The van der Waals surface area contributed by atoms with Gasteiger partial charge in [0.2, 0.25) is 5.91 Å². The van der Waals surface area contributed by atoms with E-state index in [9.17, 15) is 27.6 Å². The maximum absolute atomic E-state index is 12.5. The minimum absolute atomic E-state index is 0.00254. The molecule has 0 aliphatic heterocycles. The molecule has 0 aliphatic rings. The number of carboxylic acid groups (broad SMARTS) is 1. The third-order valence-corrected chi connectivity index (χ3v) is 3.13. The Balaban J connectivity index is 3.01. The molecule has 0 spiro atoms. The summed E-state index contributed by atoms with van der Waals surface area (Å²) in [4.78, 5) is 35.5. The van der Waals surface area contributed by atoms with Crippen molar-refractivity contribution in [1.82, 2.24) is 10.2 Å². The Kier molecular flexibility index (Phi) is 6.77. The van der Waals surface area contributed by atoms with E-state index in [0.717, 1.165) is 17.0 Å². The fourth-order valence-corrected chi connectivity index (χ4v) is 1.95. The van der Waals surface area contributed by atoms with Gasteiger partial charge in [-0.05, 0) is 25.1 Å². The van der Waals surface area contributed by atoms with Crippen LogP contribution in [0.1, 0.15) is 24.2 Å². The third kappa shape index (κ3) is 6.69. The number of hydrogen-bond donors (Lipinski definition) is 2. The molecular weight excluding hydrogens is 345 g/mol. The normalized spacial score (nSPS) is 12.2. The first-order chi connectivity index (χ1) is 11.5. The molecule has 1 unspecified atom stereocenters. The fourth-order valence-electron chi connectivity index (χ4n) is 1.95.